The van der Waals surface area contributed by atoms with E-state index in [1.54, 1.807) is 18.7 Å². The zero-order valence-electron chi connectivity index (χ0n) is 12.1. The molecule has 1 fully saturated rings. The first-order chi connectivity index (χ1) is 9.38. The molecule has 0 saturated carbocycles. The number of hydrogen-bond donors (Lipinski definition) is 1. The van der Waals surface area contributed by atoms with Crippen molar-refractivity contribution >= 4 is 23.6 Å². The molecule has 0 radical (unpaired) electrons. The van der Waals surface area contributed by atoms with Crippen LogP contribution >= 0.6 is 11.8 Å². The summed E-state index contributed by atoms with van der Waals surface area (Å²) in [6.07, 6.45) is 0.735. The first-order valence-corrected chi connectivity index (χ1v) is 7.60. The van der Waals surface area contributed by atoms with Crippen LogP contribution < -0.4 is 0 Å². The van der Waals surface area contributed by atoms with Crippen molar-refractivity contribution in [2.75, 3.05) is 5.75 Å². The number of rotatable bonds is 3. The van der Waals surface area contributed by atoms with Crippen molar-refractivity contribution in [3.8, 4) is 0 Å². The molecule has 6 nitrogen and oxygen atoms in total. The Morgan fingerprint density at radius 1 is 1.45 bits per heavy atom. The fourth-order valence-corrected chi connectivity index (χ4v) is 3.90. The minimum atomic E-state index is -0.944. The predicted octanol–water partition coefficient (Wildman–Crippen LogP) is 1.42. The van der Waals surface area contributed by atoms with Crippen LogP contribution in [-0.4, -0.2) is 48.8 Å². The molecule has 20 heavy (non-hydrogen) atoms. The lowest BCUT2D eigenvalue weighted by molar-refractivity contribution is -0.141. The molecule has 1 amide bonds. The molecule has 2 heterocycles. The highest BCUT2D eigenvalue weighted by Crippen LogP contribution is 2.33. The van der Waals surface area contributed by atoms with E-state index in [1.807, 2.05) is 13.8 Å². The van der Waals surface area contributed by atoms with Gasteiger partial charge in [-0.05, 0) is 20.3 Å². The molecule has 1 saturated heterocycles. The summed E-state index contributed by atoms with van der Waals surface area (Å²) in [7, 11) is 1.78. The smallest absolute Gasteiger partial charge is 0.327 e. The first kappa shape index (κ1) is 14.9. The minimum Gasteiger partial charge on any atom is -0.480 e. The quantitative estimate of drug-likeness (QED) is 0.913. The number of hydrogen-bond acceptors (Lipinski definition) is 4. The van der Waals surface area contributed by atoms with E-state index >= 15 is 0 Å². The second-order valence-corrected chi connectivity index (χ2v) is 6.14. The molecule has 1 aliphatic heterocycles. The van der Waals surface area contributed by atoms with E-state index in [1.165, 1.54) is 16.7 Å². The molecule has 2 rings (SSSR count). The van der Waals surface area contributed by atoms with Gasteiger partial charge in [-0.25, -0.2) is 4.79 Å². The van der Waals surface area contributed by atoms with Crippen LogP contribution in [0.5, 0.6) is 0 Å². The lowest BCUT2D eigenvalue weighted by Gasteiger charge is -2.26. The van der Waals surface area contributed by atoms with E-state index in [0.717, 1.165) is 12.1 Å². The molecule has 0 aromatic carbocycles. The van der Waals surface area contributed by atoms with Crippen LogP contribution in [-0.2, 0) is 11.8 Å². The Hall–Kier alpha value is -1.50. The first-order valence-electron chi connectivity index (χ1n) is 6.55. The molecule has 2 atom stereocenters. The third-order valence-electron chi connectivity index (χ3n) is 3.68. The Morgan fingerprint density at radius 3 is 2.55 bits per heavy atom. The van der Waals surface area contributed by atoms with Gasteiger partial charge in [0.25, 0.3) is 5.91 Å². The van der Waals surface area contributed by atoms with Crippen LogP contribution in [0, 0.1) is 13.8 Å². The number of carbonyl (C=O) groups excluding carboxylic acids is 1. The summed E-state index contributed by atoms with van der Waals surface area (Å²) in [4.78, 5) is 25.6. The van der Waals surface area contributed by atoms with Crippen molar-refractivity contribution in [2.45, 2.75) is 38.6 Å². The van der Waals surface area contributed by atoms with Crippen LogP contribution in [0.15, 0.2) is 0 Å². The van der Waals surface area contributed by atoms with Gasteiger partial charge >= 0.3 is 5.97 Å². The Kier molecular flexibility index (Phi) is 4.08. The molecule has 0 spiro atoms. The molecular formula is C13H19N3O3S. The fourth-order valence-electron chi connectivity index (χ4n) is 2.55. The Balaban J connectivity index is 2.41. The van der Waals surface area contributed by atoms with Gasteiger partial charge in [-0.2, -0.15) is 5.10 Å². The number of amides is 1. The van der Waals surface area contributed by atoms with E-state index in [4.69, 9.17) is 0 Å². The number of nitrogens with zero attached hydrogens (tertiary/aromatic N) is 3. The average molecular weight is 297 g/mol. The maximum atomic E-state index is 12.8. The largest absolute Gasteiger partial charge is 0.480 e. The van der Waals surface area contributed by atoms with Gasteiger partial charge in [0.1, 0.15) is 6.04 Å². The van der Waals surface area contributed by atoms with Crippen molar-refractivity contribution in [2.24, 2.45) is 7.05 Å². The second-order valence-electron chi connectivity index (χ2n) is 4.93. The number of carboxylic acid groups (broad SMARTS) is 1. The van der Waals surface area contributed by atoms with Crippen LogP contribution in [0.3, 0.4) is 0 Å². The van der Waals surface area contributed by atoms with Crippen LogP contribution in [0.1, 0.15) is 35.1 Å². The second kappa shape index (κ2) is 5.47. The number of carbonyl (C=O) groups is 2. The lowest BCUT2D eigenvalue weighted by Crippen LogP contribution is -2.45. The standard InChI is InChI=1S/C13H19N3O3S/c1-5-10-16(9(6-20-10)13(18)19)12(17)11-7(2)14-15(4)8(11)3/h9-10H,5-6H2,1-4H3,(H,18,19). The minimum absolute atomic E-state index is 0.0809. The normalized spacial score (nSPS) is 22.3. The van der Waals surface area contributed by atoms with E-state index < -0.39 is 12.0 Å². The highest BCUT2D eigenvalue weighted by molar-refractivity contribution is 8.00. The lowest BCUT2D eigenvalue weighted by atomic mass is 10.1. The highest BCUT2D eigenvalue weighted by atomic mass is 32.2. The Labute approximate surface area is 122 Å². The third-order valence-corrected chi connectivity index (χ3v) is 5.14. The predicted molar refractivity (Wildman–Crippen MR) is 76.8 cm³/mol. The average Bonchev–Trinajstić information content (AvgIpc) is 2.91. The molecule has 110 valence electrons. The topological polar surface area (TPSA) is 75.4 Å². The molecule has 2 unspecified atom stereocenters. The van der Waals surface area contributed by atoms with E-state index in [-0.39, 0.29) is 11.3 Å². The van der Waals surface area contributed by atoms with Crippen LogP contribution in [0.25, 0.3) is 0 Å². The van der Waals surface area contributed by atoms with E-state index in [9.17, 15) is 14.7 Å². The summed E-state index contributed by atoms with van der Waals surface area (Å²) in [5.74, 6) is -0.726. The molecule has 0 aliphatic carbocycles. The maximum absolute atomic E-state index is 12.8. The van der Waals surface area contributed by atoms with Crippen molar-refractivity contribution in [3.63, 3.8) is 0 Å². The summed E-state index contributed by atoms with van der Waals surface area (Å²) >= 11 is 1.53. The molecular weight excluding hydrogens is 278 g/mol. The third kappa shape index (κ3) is 2.30. The molecule has 1 aromatic heterocycles. The summed E-state index contributed by atoms with van der Waals surface area (Å²) in [5, 5.41) is 13.5. The monoisotopic (exact) mass is 297 g/mol. The van der Waals surface area contributed by atoms with Crippen LogP contribution in [0.2, 0.25) is 0 Å². The van der Waals surface area contributed by atoms with Gasteiger partial charge in [0.2, 0.25) is 0 Å². The number of aliphatic carboxylic acids is 1. The number of thioether (sulfide) groups is 1. The molecule has 1 N–H and O–H groups in total. The summed E-state index contributed by atoms with van der Waals surface area (Å²) in [6.45, 7) is 5.57. The van der Waals surface area contributed by atoms with Gasteiger partial charge in [0.15, 0.2) is 0 Å². The molecule has 1 aliphatic rings. The van der Waals surface area contributed by atoms with Crippen molar-refractivity contribution in [3.05, 3.63) is 17.0 Å². The summed E-state index contributed by atoms with van der Waals surface area (Å²) in [6, 6.07) is -0.753. The zero-order chi connectivity index (χ0) is 15.0. The van der Waals surface area contributed by atoms with Crippen molar-refractivity contribution < 1.29 is 14.7 Å². The molecule has 1 aromatic rings. The van der Waals surface area contributed by atoms with Crippen LogP contribution in [0.4, 0.5) is 0 Å². The number of aromatic nitrogens is 2. The summed E-state index contributed by atoms with van der Waals surface area (Å²) < 4.78 is 1.66. The number of carboxylic acids is 1. The fraction of sp³-hybridized carbons (Fsp3) is 0.615. The van der Waals surface area contributed by atoms with Gasteiger partial charge in [-0.1, -0.05) is 6.92 Å². The summed E-state index contributed by atoms with van der Waals surface area (Å²) in [5.41, 5.74) is 1.94. The zero-order valence-corrected chi connectivity index (χ0v) is 12.9. The number of aryl methyl sites for hydroxylation is 2. The van der Waals surface area contributed by atoms with E-state index in [2.05, 4.69) is 5.10 Å². The maximum Gasteiger partial charge on any atom is 0.327 e. The van der Waals surface area contributed by atoms with Gasteiger partial charge < -0.3 is 10.0 Å². The van der Waals surface area contributed by atoms with Crippen molar-refractivity contribution in [1.82, 2.24) is 14.7 Å². The molecule has 0 bridgehead atoms. The SMILES string of the molecule is CCC1SCC(C(=O)O)N1C(=O)c1c(C)nn(C)c1C. The van der Waals surface area contributed by atoms with E-state index in [0.29, 0.717) is 17.0 Å². The van der Waals surface area contributed by atoms with Gasteiger partial charge in [0.05, 0.1) is 16.6 Å². The molecule has 7 heteroatoms. The van der Waals surface area contributed by atoms with Gasteiger partial charge in [-0.3, -0.25) is 9.48 Å². The van der Waals surface area contributed by atoms with Gasteiger partial charge in [0, 0.05) is 18.5 Å². The Morgan fingerprint density at radius 2 is 2.10 bits per heavy atom. The Bertz CT molecular complexity index is 555. The highest BCUT2D eigenvalue weighted by Gasteiger charge is 2.42. The van der Waals surface area contributed by atoms with Crippen molar-refractivity contribution in [1.29, 1.82) is 0 Å². The van der Waals surface area contributed by atoms with Gasteiger partial charge in [-0.15, -0.1) is 11.8 Å².